The molecule has 0 radical (unpaired) electrons. The number of allylic oxidation sites excluding steroid dienone is 1. The van der Waals surface area contributed by atoms with Crippen molar-refractivity contribution >= 4 is 17.7 Å². The lowest BCUT2D eigenvalue weighted by Gasteiger charge is -2.30. The maximum atomic E-state index is 14.3. The lowest BCUT2D eigenvalue weighted by atomic mass is 9.77. The van der Waals surface area contributed by atoms with E-state index in [1.807, 2.05) is 50.2 Å². The summed E-state index contributed by atoms with van der Waals surface area (Å²) in [6, 6.07) is 19.1. The molecule has 1 saturated carbocycles. The summed E-state index contributed by atoms with van der Waals surface area (Å²) in [5, 5.41) is 6.68. The number of ether oxygens (including phenoxy) is 5. The van der Waals surface area contributed by atoms with Crippen LogP contribution in [0.5, 0.6) is 28.7 Å². The van der Waals surface area contributed by atoms with Crippen LogP contribution in [0.25, 0.3) is 6.08 Å². The molecule has 1 fully saturated rings. The number of carbonyl (C=O) groups excluding carboxylic acids is 1. The molecule has 0 spiro atoms. The molecule has 3 aromatic carbocycles. The van der Waals surface area contributed by atoms with Gasteiger partial charge in [0, 0.05) is 11.5 Å². The second-order valence-electron chi connectivity index (χ2n) is 10.2. The minimum atomic E-state index is -0.272. The van der Waals surface area contributed by atoms with Crippen LogP contribution in [0.1, 0.15) is 60.6 Å². The molecular formula is C34H38N2O6. The molecule has 0 N–H and O–H groups in total. The molecule has 0 saturated heterocycles. The number of carbonyl (C=O) groups is 1. The fraction of sp³-hybridized carbons (Fsp3) is 0.353. The molecule has 1 aliphatic heterocycles. The fourth-order valence-electron chi connectivity index (χ4n) is 5.79. The highest BCUT2D eigenvalue weighted by Gasteiger charge is 2.44. The molecule has 1 aliphatic carbocycles. The van der Waals surface area contributed by atoms with E-state index in [1.54, 1.807) is 24.3 Å². The highest BCUT2D eigenvalue weighted by molar-refractivity contribution is 6.09. The van der Waals surface area contributed by atoms with Crippen LogP contribution >= 0.6 is 0 Å². The van der Waals surface area contributed by atoms with Crippen molar-refractivity contribution in [2.24, 2.45) is 11.0 Å². The SMILES string of the molecule is CCOc1ccc(/C=C2\CCC[C@@H]3C2=NN(C(=O)c2cc(OC)c(OC)c(OC)c2)[C@@H]3c2ccc(OCC)cc2)cc1. The first-order valence-electron chi connectivity index (χ1n) is 14.4. The first-order chi connectivity index (χ1) is 20.5. The Bertz CT molecular complexity index is 1440. The van der Waals surface area contributed by atoms with Crippen molar-refractivity contribution in [3.63, 3.8) is 0 Å². The largest absolute Gasteiger partial charge is 0.494 e. The van der Waals surface area contributed by atoms with Gasteiger partial charge in [0.15, 0.2) is 11.5 Å². The average molecular weight is 571 g/mol. The molecule has 8 nitrogen and oxygen atoms in total. The Labute approximate surface area is 247 Å². The summed E-state index contributed by atoms with van der Waals surface area (Å²) in [5.74, 6) is 2.71. The predicted molar refractivity (Wildman–Crippen MR) is 163 cm³/mol. The van der Waals surface area contributed by atoms with Crippen LogP contribution in [0.15, 0.2) is 71.3 Å². The van der Waals surface area contributed by atoms with Crippen molar-refractivity contribution in [2.45, 2.75) is 39.2 Å². The third kappa shape index (κ3) is 5.79. The van der Waals surface area contributed by atoms with E-state index in [0.29, 0.717) is 36.0 Å². The summed E-state index contributed by atoms with van der Waals surface area (Å²) in [6.07, 6.45) is 5.01. The fourth-order valence-corrected chi connectivity index (χ4v) is 5.79. The molecule has 0 bridgehead atoms. The second-order valence-corrected chi connectivity index (χ2v) is 10.2. The Kier molecular flexibility index (Phi) is 9.00. The molecule has 220 valence electrons. The Balaban J connectivity index is 1.57. The normalized spacial score (nSPS) is 18.7. The molecule has 2 atom stereocenters. The second kappa shape index (κ2) is 13.0. The van der Waals surface area contributed by atoms with E-state index in [1.165, 1.54) is 14.2 Å². The quantitative estimate of drug-likeness (QED) is 0.263. The van der Waals surface area contributed by atoms with Gasteiger partial charge in [0.2, 0.25) is 5.75 Å². The van der Waals surface area contributed by atoms with Crippen LogP contribution in [-0.2, 0) is 0 Å². The maximum absolute atomic E-state index is 14.3. The zero-order valence-electron chi connectivity index (χ0n) is 24.9. The number of methoxy groups -OCH3 is 3. The molecule has 8 heteroatoms. The molecule has 0 aromatic heterocycles. The highest BCUT2D eigenvalue weighted by Crippen LogP contribution is 2.46. The van der Waals surface area contributed by atoms with Gasteiger partial charge in [-0.1, -0.05) is 24.3 Å². The van der Waals surface area contributed by atoms with Crippen molar-refractivity contribution in [1.29, 1.82) is 0 Å². The van der Waals surface area contributed by atoms with E-state index < -0.39 is 0 Å². The molecule has 1 amide bonds. The zero-order chi connectivity index (χ0) is 29.6. The van der Waals surface area contributed by atoms with E-state index in [9.17, 15) is 4.79 Å². The van der Waals surface area contributed by atoms with Gasteiger partial charge in [0.25, 0.3) is 5.91 Å². The minimum Gasteiger partial charge on any atom is -0.494 e. The van der Waals surface area contributed by atoms with Gasteiger partial charge in [-0.05, 0) is 92.3 Å². The van der Waals surface area contributed by atoms with Gasteiger partial charge < -0.3 is 23.7 Å². The van der Waals surface area contributed by atoms with Gasteiger partial charge in [-0.15, -0.1) is 0 Å². The van der Waals surface area contributed by atoms with Gasteiger partial charge in [-0.3, -0.25) is 4.79 Å². The Hall–Kier alpha value is -4.46. The van der Waals surface area contributed by atoms with Crippen LogP contribution in [0.4, 0.5) is 0 Å². The summed E-state index contributed by atoms with van der Waals surface area (Å²) in [5.41, 5.74) is 4.58. The summed E-state index contributed by atoms with van der Waals surface area (Å²) >= 11 is 0. The van der Waals surface area contributed by atoms with Gasteiger partial charge in [0.1, 0.15) is 11.5 Å². The first-order valence-corrected chi connectivity index (χ1v) is 14.4. The number of hydrogen-bond acceptors (Lipinski definition) is 7. The lowest BCUT2D eigenvalue weighted by Crippen LogP contribution is -2.32. The van der Waals surface area contributed by atoms with Gasteiger partial charge in [-0.2, -0.15) is 5.10 Å². The zero-order valence-corrected chi connectivity index (χ0v) is 24.9. The number of nitrogens with zero attached hydrogens (tertiary/aromatic N) is 2. The number of hydrogen-bond donors (Lipinski definition) is 0. The van der Waals surface area contributed by atoms with Crippen LogP contribution in [0.3, 0.4) is 0 Å². The van der Waals surface area contributed by atoms with Crippen molar-refractivity contribution in [3.05, 3.63) is 82.9 Å². The summed E-state index contributed by atoms with van der Waals surface area (Å²) in [4.78, 5) is 14.3. The third-order valence-electron chi connectivity index (χ3n) is 7.69. The Morgan fingerprint density at radius 3 is 2.02 bits per heavy atom. The molecular weight excluding hydrogens is 532 g/mol. The van der Waals surface area contributed by atoms with Crippen molar-refractivity contribution < 1.29 is 28.5 Å². The van der Waals surface area contributed by atoms with Crippen LogP contribution in [0, 0.1) is 5.92 Å². The first kappa shape index (κ1) is 29.0. The predicted octanol–water partition coefficient (Wildman–Crippen LogP) is 6.95. The van der Waals surface area contributed by atoms with Crippen LogP contribution in [0.2, 0.25) is 0 Å². The van der Waals surface area contributed by atoms with Gasteiger partial charge in [-0.25, -0.2) is 5.01 Å². The molecule has 42 heavy (non-hydrogen) atoms. The van der Waals surface area contributed by atoms with Crippen LogP contribution in [-0.4, -0.2) is 51.2 Å². The Morgan fingerprint density at radius 1 is 0.881 bits per heavy atom. The number of fused-ring (bicyclic) bond motifs is 1. The van der Waals surface area contributed by atoms with E-state index >= 15 is 0 Å². The molecule has 0 unspecified atom stereocenters. The molecule has 1 heterocycles. The molecule has 5 rings (SSSR count). The van der Waals surface area contributed by atoms with E-state index in [-0.39, 0.29) is 17.9 Å². The smallest absolute Gasteiger partial charge is 0.274 e. The molecule has 2 aliphatic rings. The third-order valence-corrected chi connectivity index (χ3v) is 7.69. The van der Waals surface area contributed by atoms with Gasteiger partial charge in [0.05, 0.1) is 46.3 Å². The van der Waals surface area contributed by atoms with Gasteiger partial charge >= 0.3 is 0 Å². The van der Waals surface area contributed by atoms with E-state index in [0.717, 1.165) is 53.2 Å². The average Bonchev–Trinajstić information content (AvgIpc) is 3.42. The number of amides is 1. The lowest BCUT2D eigenvalue weighted by molar-refractivity contribution is 0.0680. The van der Waals surface area contributed by atoms with Crippen molar-refractivity contribution in [1.82, 2.24) is 5.01 Å². The standard InChI is InChI=1S/C34H38N2O6/c1-6-41-26-15-11-22(12-16-26)19-24-9-8-10-28-31(24)35-36(32(28)23-13-17-27(18-14-23)42-7-2)34(37)25-20-29(38-3)33(40-5)30(21-25)39-4/h11-21,28,32H,6-10H2,1-5H3/b24-19+/t28-,32-/m1/s1. The summed E-state index contributed by atoms with van der Waals surface area (Å²) in [7, 11) is 4.62. The Morgan fingerprint density at radius 2 is 1.48 bits per heavy atom. The minimum absolute atomic E-state index is 0.0524. The van der Waals surface area contributed by atoms with E-state index in [2.05, 4.69) is 18.2 Å². The van der Waals surface area contributed by atoms with Crippen LogP contribution < -0.4 is 23.7 Å². The number of benzene rings is 3. The van der Waals surface area contributed by atoms with E-state index in [4.69, 9.17) is 28.8 Å². The maximum Gasteiger partial charge on any atom is 0.274 e. The number of hydrazone groups is 1. The summed E-state index contributed by atoms with van der Waals surface area (Å²) in [6.45, 7) is 5.15. The van der Waals surface area contributed by atoms with Crippen molar-refractivity contribution in [3.8, 4) is 28.7 Å². The van der Waals surface area contributed by atoms with Crippen molar-refractivity contribution in [2.75, 3.05) is 34.5 Å². The summed E-state index contributed by atoms with van der Waals surface area (Å²) < 4.78 is 27.9. The number of rotatable bonds is 10. The highest BCUT2D eigenvalue weighted by atomic mass is 16.5. The topological polar surface area (TPSA) is 78.8 Å². The monoisotopic (exact) mass is 570 g/mol. The molecule has 3 aromatic rings.